The number of nitrogens with zero attached hydrogens (tertiary/aromatic N) is 6. The van der Waals surface area contributed by atoms with Crippen molar-refractivity contribution in [1.82, 2.24) is 9.13 Å². The standard InChI is InChI=1S/C44H36N6O4S4/c1-5-49-39(51)34(57-41(49)25(23-45)24-46)19-26-17-32-36(55-26)28-21-31-29(22-30(28)43(53-32)13-9-7-10-14-43)37-33(54-44(31)15-11-8-12-16-44)18-27(56-37)20-35-40(52)50(6-2)42(58-35)38(47-3)48-4/h17-22H,5-16H2,1-2H3/b34-19+,35-20+. The van der Waals surface area contributed by atoms with Gasteiger partial charge >= 0.3 is 5.82 Å². The van der Waals surface area contributed by atoms with Crippen molar-refractivity contribution in [3.8, 4) is 44.5 Å². The number of fused-ring (bicyclic) bond motifs is 8. The van der Waals surface area contributed by atoms with Gasteiger partial charge in [0, 0.05) is 45.1 Å². The summed E-state index contributed by atoms with van der Waals surface area (Å²) >= 11 is 5.54. The number of benzene rings is 1. The lowest BCUT2D eigenvalue weighted by Crippen LogP contribution is -2.40. The van der Waals surface area contributed by atoms with Crippen molar-refractivity contribution >= 4 is 68.9 Å². The van der Waals surface area contributed by atoms with E-state index in [4.69, 9.17) is 22.6 Å². The molecule has 6 heterocycles. The molecule has 4 aliphatic rings. The molecule has 0 saturated heterocycles. The number of nitriles is 2. The van der Waals surface area contributed by atoms with Crippen LogP contribution in [-0.4, -0.2) is 9.13 Å². The zero-order valence-corrected chi connectivity index (χ0v) is 35.2. The van der Waals surface area contributed by atoms with Crippen LogP contribution in [0.15, 0.2) is 33.9 Å². The molecule has 0 atom stereocenters. The largest absolute Gasteiger partial charge is 0.553 e. The predicted octanol–water partition coefficient (Wildman–Crippen LogP) is 7.49. The fraction of sp³-hybridized carbons (Fsp3) is 0.364. The molecule has 2 fully saturated rings. The minimum atomic E-state index is -0.508. The van der Waals surface area contributed by atoms with Crippen molar-refractivity contribution in [2.75, 3.05) is 0 Å². The molecule has 2 spiro atoms. The fourth-order valence-electron chi connectivity index (χ4n) is 9.17. The molecule has 0 bridgehead atoms. The molecular formula is C44H36N6O4S4. The van der Waals surface area contributed by atoms with Crippen LogP contribution in [0.2, 0.25) is 0 Å². The Morgan fingerprint density at radius 2 is 1.14 bits per heavy atom. The van der Waals surface area contributed by atoms with Gasteiger partial charge in [0.2, 0.25) is 0 Å². The Morgan fingerprint density at radius 3 is 1.55 bits per heavy atom. The van der Waals surface area contributed by atoms with Gasteiger partial charge in [-0.3, -0.25) is 14.2 Å². The predicted molar refractivity (Wildman–Crippen MR) is 229 cm³/mol. The van der Waals surface area contributed by atoms with Crippen LogP contribution in [0.4, 0.5) is 0 Å². The van der Waals surface area contributed by atoms with Crippen LogP contribution in [0, 0.1) is 35.8 Å². The van der Waals surface area contributed by atoms with Crippen molar-refractivity contribution in [3.63, 3.8) is 0 Å². The smallest absolute Gasteiger partial charge is 0.481 e. The van der Waals surface area contributed by atoms with Gasteiger partial charge in [-0.05, 0) is 102 Å². The number of hydrogen-bond donors (Lipinski definition) is 0. The van der Waals surface area contributed by atoms with Crippen LogP contribution >= 0.6 is 45.3 Å². The lowest BCUT2D eigenvalue weighted by Gasteiger charge is -2.45. The number of ether oxygens (including phenoxy) is 2. The van der Waals surface area contributed by atoms with Crippen LogP contribution < -0.4 is 39.0 Å². The second-order valence-electron chi connectivity index (χ2n) is 15.0. The summed E-state index contributed by atoms with van der Waals surface area (Å²) in [5, 5.41) is 19.2. The topological polar surface area (TPSA) is 119 Å². The zero-order valence-electron chi connectivity index (χ0n) is 31.9. The van der Waals surface area contributed by atoms with E-state index < -0.39 is 11.2 Å². The van der Waals surface area contributed by atoms with E-state index in [-0.39, 0.29) is 22.5 Å². The highest BCUT2D eigenvalue weighted by atomic mass is 32.1. The summed E-state index contributed by atoms with van der Waals surface area (Å²) in [6.45, 7) is 19.4. The van der Waals surface area contributed by atoms with Gasteiger partial charge in [-0.25, -0.2) is 0 Å². The first-order chi connectivity index (χ1) is 28.2. The molecular weight excluding hydrogens is 805 g/mol. The van der Waals surface area contributed by atoms with E-state index in [1.807, 2.05) is 50.3 Å². The Hall–Kier alpha value is -5.48. The maximum atomic E-state index is 13.5. The SMILES string of the molecule is [C-]#[N+]C([N+]#[C-])=c1s/c(=C/c2cc3c(s2)-c2cc4c(cc2C2(CCCCC2)O3)-c2sc(/C=c3/sc(=C(C#N)C#N)n(CC)c3=O)cc2OC42CCCCC2)c(=O)n1CC. The molecule has 58 heavy (non-hydrogen) atoms. The third-order valence-electron chi connectivity index (χ3n) is 11.8. The molecule has 9 rings (SSSR count). The maximum Gasteiger partial charge on any atom is 0.553 e. The first-order valence-electron chi connectivity index (χ1n) is 19.5. The van der Waals surface area contributed by atoms with Crippen LogP contribution in [-0.2, 0) is 24.3 Å². The molecule has 0 unspecified atom stereocenters. The van der Waals surface area contributed by atoms with E-state index in [1.54, 1.807) is 22.7 Å². The molecule has 290 valence electrons. The monoisotopic (exact) mass is 840 g/mol. The number of rotatable bonds is 4. The van der Waals surface area contributed by atoms with Gasteiger partial charge in [0.05, 0.1) is 18.8 Å². The van der Waals surface area contributed by atoms with Gasteiger partial charge in [-0.15, -0.1) is 45.3 Å². The summed E-state index contributed by atoms with van der Waals surface area (Å²) < 4.78 is 19.0. The molecule has 2 saturated carbocycles. The van der Waals surface area contributed by atoms with Crippen molar-refractivity contribution in [2.24, 2.45) is 0 Å². The van der Waals surface area contributed by atoms with Crippen LogP contribution in [0.5, 0.6) is 11.5 Å². The first-order valence-corrected chi connectivity index (χ1v) is 22.8. The zero-order chi connectivity index (χ0) is 40.3. The van der Waals surface area contributed by atoms with Crippen molar-refractivity contribution in [1.29, 1.82) is 10.5 Å². The van der Waals surface area contributed by atoms with Crippen LogP contribution in [0.3, 0.4) is 0 Å². The Bertz CT molecular complexity index is 2870. The van der Waals surface area contributed by atoms with Gasteiger partial charge in [0.25, 0.3) is 11.1 Å². The summed E-state index contributed by atoms with van der Waals surface area (Å²) in [6.07, 6.45) is 13.8. The second-order valence-corrected chi connectivity index (χ2v) is 19.2. The second kappa shape index (κ2) is 14.7. The van der Waals surface area contributed by atoms with Crippen molar-refractivity contribution in [2.45, 2.75) is 102 Å². The van der Waals surface area contributed by atoms with E-state index in [0.717, 1.165) is 106 Å². The summed E-state index contributed by atoms with van der Waals surface area (Å²) in [5.41, 5.74) is 3.13. The van der Waals surface area contributed by atoms with Crippen LogP contribution in [0.1, 0.15) is 98.9 Å². The summed E-state index contributed by atoms with van der Waals surface area (Å²) in [5.74, 6) is 1.53. The van der Waals surface area contributed by atoms with Gasteiger partial charge in [0.15, 0.2) is 10.2 Å². The minimum absolute atomic E-state index is 0.0704. The molecule has 4 aromatic heterocycles. The first kappa shape index (κ1) is 38.1. The lowest BCUT2D eigenvalue weighted by molar-refractivity contribution is 0.0205. The number of aromatic nitrogens is 2. The highest BCUT2D eigenvalue weighted by Gasteiger charge is 2.48. The Morgan fingerprint density at radius 1 is 0.707 bits per heavy atom. The summed E-state index contributed by atoms with van der Waals surface area (Å²) in [7, 11) is 0. The molecule has 14 heteroatoms. The average Bonchev–Trinajstić information content (AvgIpc) is 3.99. The summed E-state index contributed by atoms with van der Waals surface area (Å²) in [6, 6.07) is 12.7. The van der Waals surface area contributed by atoms with Gasteiger partial charge < -0.3 is 14.0 Å². The Balaban J connectivity index is 1.24. The third-order valence-corrected chi connectivity index (χ3v) is 16.3. The highest BCUT2D eigenvalue weighted by molar-refractivity contribution is 7.17. The lowest BCUT2D eigenvalue weighted by atomic mass is 9.71. The maximum absolute atomic E-state index is 13.5. The van der Waals surface area contributed by atoms with E-state index >= 15 is 0 Å². The number of thiazole rings is 2. The van der Waals surface area contributed by atoms with Gasteiger partial charge in [-0.2, -0.15) is 20.2 Å². The van der Waals surface area contributed by atoms with E-state index in [0.29, 0.717) is 31.5 Å². The average molecular weight is 841 g/mol. The van der Waals surface area contributed by atoms with Crippen molar-refractivity contribution in [3.05, 3.63) is 107 Å². The molecule has 0 N–H and O–H groups in total. The fourth-order valence-corrected chi connectivity index (χ4v) is 13.6. The summed E-state index contributed by atoms with van der Waals surface area (Å²) in [4.78, 5) is 37.6. The Labute approximate surface area is 350 Å². The van der Waals surface area contributed by atoms with Gasteiger partial charge in [0.1, 0.15) is 52.6 Å². The molecule has 1 aromatic carbocycles. The minimum Gasteiger partial charge on any atom is -0.481 e. The van der Waals surface area contributed by atoms with E-state index in [1.165, 1.54) is 42.9 Å². The van der Waals surface area contributed by atoms with E-state index in [2.05, 4.69) is 21.8 Å². The molecule has 2 aliphatic carbocycles. The van der Waals surface area contributed by atoms with Crippen molar-refractivity contribution < 1.29 is 9.47 Å². The quantitative estimate of drug-likeness (QED) is 0.173. The molecule has 5 aromatic rings. The van der Waals surface area contributed by atoms with Gasteiger partial charge in [-0.1, -0.05) is 12.8 Å². The van der Waals surface area contributed by atoms with E-state index in [9.17, 15) is 20.1 Å². The molecule has 2 aliphatic heterocycles. The highest BCUT2D eigenvalue weighted by Crippen LogP contribution is 2.60. The number of thiophene rings is 2. The molecule has 0 amide bonds. The number of hydrogen-bond acceptors (Lipinski definition) is 10. The molecule has 10 nitrogen and oxygen atoms in total. The third kappa shape index (κ3) is 5.93. The normalized spacial score (nSPS) is 17.4. The Kier molecular flexibility index (Phi) is 9.66. The molecule has 0 radical (unpaired) electrons. The van der Waals surface area contributed by atoms with Crippen LogP contribution in [0.25, 0.3) is 54.1 Å².